The van der Waals surface area contributed by atoms with E-state index < -0.39 is 7.26 Å². The predicted molar refractivity (Wildman–Crippen MR) is 114 cm³/mol. The van der Waals surface area contributed by atoms with E-state index in [1.165, 1.54) is 19.0 Å². The fourth-order valence-corrected chi connectivity index (χ4v) is 9.04. The minimum absolute atomic E-state index is 0. The van der Waals surface area contributed by atoms with Gasteiger partial charge in [-0.15, -0.1) is 17.0 Å². The Labute approximate surface area is 156 Å². The third-order valence-corrected chi connectivity index (χ3v) is 10.2. The zero-order valence-electron chi connectivity index (χ0n) is 13.8. The van der Waals surface area contributed by atoms with E-state index >= 15 is 0 Å². The summed E-state index contributed by atoms with van der Waals surface area (Å²) in [5.41, 5.74) is 0. The third kappa shape index (κ3) is 3.34. The standard InChI is InChI=1S/C22H23P.BrH/c1-4-10-20(11-5-1)23(18-19-16-17-19,21-12-6-2-7-13-21)22-14-8-3-9-15-22;/h1-15,19,23H,16-18H2;1H. The second-order valence-electron chi connectivity index (χ2n) is 6.65. The van der Waals surface area contributed by atoms with Crippen LogP contribution in [-0.2, 0) is 0 Å². The van der Waals surface area contributed by atoms with Gasteiger partial charge in [0.15, 0.2) is 0 Å². The minimum atomic E-state index is -1.92. The first-order valence-electron chi connectivity index (χ1n) is 8.56. The molecule has 0 aliphatic heterocycles. The second kappa shape index (κ2) is 7.64. The van der Waals surface area contributed by atoms with Gasteiger partial charge < -0.3 is 0 Å². The van der Waals surface area contributed by atoms with Crippen LogP contribution < -0.4 is 15.9 Å². The molecule has 0 amide bonds. The molecule has 24 heavy (non-hydrogen) atoms. The Balaban J connectivity index is 0.00000169. The van der Waals surface area contributed by atoms with Crippen LogP contribution in [0.15, 0.2) is 91.0 Å². The Morgan fingerprint density at radius 2 is 0.917 bits per heavy atom. The normalized spacial score (nSPS) is 14.7. The number of benzene rings is 3. The Kier molecular flexibility index (Phi) is 5.54. The summed E-state index contributed by atoms with van der Waals surface area (Å²) in [6.07, 6.45) is 4.15. The van der Waals surface area contributed by atoms with Gasteiger partial charge in [0.25, 0.3) is 0 Å². The van der Waals surface area contributed by atoms with Crippen molar-refractivity contribution in [2.75, 3.05) is 6.16 Å². The van der Waals surface area contributed by atoms with Crippen molar-refractivity contribution >= 4 is 40.2 Å². The molecule has 3 aromatic carbocycles. The van der Waals surface area contributed by atoms with E-state index in [9.17, 15) is 0 Å². The van der Waals surface area contributed by atoms with Crippen LogP contribution in [0.25, 0.3) is 0 Å². The van der Waals surface area contributed by atoms with Crippen molar-refractivity contribution < 1.29 is 0 Å². The SMILES string of the molecule is Br.c1ccc([PH](CC2CC2)(c2ccccc2)c2ccccc2)cc1. The summed E-state index contributed by atoms with van der Waals surface area (Å²) in [5.74, 6) is 0.905. The van der Waals surface area contributed by atoms with Crippen LogP contribution in [0, 0.1) is 5.92 Å². The van der Waals surface area contributed by atoms with E-state index in [0.717, 1.165) is 5.92 Å². The van der Waals surface area contributed by atoms with Gasteiger partial charge in [0.05, 0.1) is 0 Å². The molecule has 124 valence electrons. The van der Waals surface area contributed by atoms with Crippen LogP contribution in [0.3, 0.4) is 0 Å². The molecule has 4 rings (SSSR count). The molecule has 0 radical (unpaired) electrons. The molecular weight excluding hydrogens is 375 g/mol. The molecule has 2 heteroatoms. The van der Waals surface area contributed by atoms with Gasteiger partial charge in [-0.2, -0.15) is 0 Å². The molecule has 0 saturated heterocycles. The maximum atomic E-state index is 2.36. The molecule has 1 aliphatic rings. The number of rotatable bonds is 5. The van der Waals surface area contributed by atoms with E-state index in [-0.39, 0.29) is 17.0 Å². The first-order chi connectivity index (χ1) is 11.4. The molecule has 0 bridgehead atoms. The maximum absolute atomic E-state index is 2.36. The van der Waals surface area contributed by atoms with E-state index in [0.29, 0.717) is 0 Å². The number of hydrogen-bond donors (Lipinski definition) is 0. The Bertz CT molecular complexity index is 655. The monoisotopic (exact) mass is 398 g/mol. The molecule has 0 nitrogen and oxygen atoms in total. The molecule has 0 unspecified atom stereocenters. The van der Waals surface area contributed by atoms with Gasteiger partial charge in [-0.3, -0.25) is 0 Å². The summed E-state index contributed by atoms with van der Waals surface area (Å²) in [6, 6.07) is 33.8. The van der Waals surface area contributed by atoms with Gasteiger partial charge in [0, 0.05) is 0 Å². The van der Waals surface area contributed by atoms with E-state index in [4.69, 9.17) is 0 Å². The van der Waals surface area contributed by atoms with Crippen LogP contribution in [0.5, 0.6) is 0 Å². The topological polar surface area (TPSA) is 0 Å². The van der Waals surface area contributed by atoms with Crippen LogP contribution in [-0.4, -0.2) is 6.16 Å². The van der Waals surface area contributed by atoms with Crippen molar-refractivity contribution in [3.8, 4) is 0 Å². The van der Waals surface area contributed by atoms with Crippen LogP contribution >= 0.6 is 24.2 Å². The summed E-state index contributed by atoms with van der Waals surface area (Å²) in [5, 5.41) is 4.64. The van der Waals surface area contributed by atoms with Crippen molar-refractivity contribution in [2.24, 2.45) is 5.92 Å². The third-order valence-electron chi connectivity index (χ3n) is 5.09. The molecule has 1 fully saturated rings. The molecule has 0 N–H and O–H groups in total. The number of halogens is 1. The van der Waals surface area contributed by atoms with Crippen molar-refractivity contribution in [3.05, 3.63) is 91.0 Å². The fraction of sp³-hybridized carbons (Fsp3) is 0.182. The Morgan fingerprint density at radius 3 is 1.21 bits per heavy atom. The van der Waals surface area contributed by atoms with Crippen LogP contribution in [0.1, 0.15) is 12.8 Å². The quantitative estimate of drug-likeness (QED) is 0.546. The summed E-state index contributed by atoms with van der Waals surface area (Å²) < 4.78 is 0. The van der Waals surface area contributed by atoms with Crippen molar-refractivity contribution in [1.82, 2.24) is 0 Å². The van der Waals surface area contributed by atoms with E-state index in [1.54, 1.807) is 15.9 Å². The predicted octanol–water partition coefficient (Wildman–Crippen LogP) is 4.70. The molecule has 0 atom stereocenters. The summed E-state index contributed by atoms with van der Waals surface area (Å²) >= 11 is 0. The molecule has 3 aromatic rings. The Morgan fingerprint density at radius 1 is 0.583 bits per heavy atom. The molecule has 0 heterocycles. The molecule has 0 spiro atoms. The van der Waals surface area contributed by atoms with E-state index in [1.807, 2.05) is 0 Å². The first kappa shape index (κ1) is 17.4. The molecule has 1 saturated carbocycles. The van der Waals surface area contributed by atoms with Gasteiger partial charge in [-0.05, 0) is 0 Å². The summed E-state index contributed by atoms with van der Waals surface area (Å²) in [4.78, 5) is 0. The van der Waals surface area contributed by atoms with Crippen molar-refractivity contribution in [3.63, 3.8) is 0 Å². The second-order valence-corrected chi connectivity index (χ2v) is 10.6. The van der Waals surface area contributed by atoms with E-state index in [2.05, 4.69) is 91.0 Å². The fourth-order valence-electron chi connectivity index (χ4n) is 3.78. The van der Waals surface area contributed by atoms with Gasteiger partial charge in [0.2, 0.25) is 0 Å². The zero-order chi connectivity index (χ0) is 15.5. The van der Waals surface area contributed by atoms with Gasteiger partial charge in [-0.1, -0.05) is 0 Å². The molecule has 0 aromatic heterocycles. The summed E-state index contributed by atoms with van der Waals surface area (Å²) in [7, 11) is -1.92. The average Bonchev–Trinajstić information content (AvgIpc) is 3.46. The van der Waals surface area contributed by atoms with Crippen molar-refractivity contribution in [1.29, 1.82) is 0 Å². The Hall–Kier alpha value is -1.43. The number of hydrogen-bond acceptors (Lipinski definition) is 0. The van der Waals surface area contributed by atoms with Crippen molar-refractivity contribution in [2.45, 2.75) is 12.8 Å². The first-order valence-corrected chi connectivity index (χ1v) is 10.8. The zero-order valence-corrected chi connectivity index (χ0v) is 16.5. The van der Waals surface area contributed by atoms with Crippen LogP contribution in [0.4, 0.5) is 0 Å². The van der Waals surface area contributed by atoms with Gasteiger partial charge >= 0.3 is 139 Å². The molecule has 1 aliphatic carbocycles. The van der Waals surface area contributed by atoms with Crippen LogP contribution in [0.2, 0.25) is 0 Å². The molecular formula is C22H24BrP. The van der Waals surface area contributed by atoms with Gasteiger partial charge in [0.1, 0.15) is 0 Å². The van der Waals surface area contributed by atoms with Gasteiger partial charge in [-0.25, -0.2) is 0 Å². The summed E-state index contributed by atoms with van der Waals surface area (Å²) in [6.45, 7) is 0. The average molecular weight is 399 g/mol.